The average Bonchev–Trinajstić information content (AvgIpc) is 2.36. The summed E-state index contributed by atoms with van der Waals surface area (Å²) in [5, 5.41) is 10.6. The molecule has 0 aliphatic rings. The second kappa shape index (κ2) is 6.24. The third-order valence-electron chi connectivity index (χ3n) is 2.05. The third-order valence-corrected chi connectivity index (χ3v) is 3.29. The molecule has 0 heterocycles. The van der Waals surface area contributed by atoms with Crippen molar-refractivity contribution in [3.63, 3.8) is 0 Å². The van der Waals surface area contributed by atoms with Gasteiger partial charge in [-0.05, 0) is 6.07 Å². The van der Waals surface area contributed by atoms with Crippen LogP contribution in [0.15, 0.2) is 23.1 Å². The summed E-state index contributed by atoms with van der Waals surface area (Å²) in [5.74, 6) is -0.288. The van der Waals surface area contributed by atoms with Crippen LogP contribution < -0.4 is 9.62 Å². The maximum absolute atomic E-state index is 11.9. The quantitative estimate of drug-likeness (QED) is 0.623. The fourth-order valence-corrected chi connectivity index (χ4v) is 2.22. The summed E-state index contributed by atoms with van der Waals surface area (Å²) in [6, 6.07) is 2.61. The molecule has 21 heavy (non-hydrogen) atoms. The Balaban J connectivity index is 3.06. The maximum Gasteiger partial charge on any atom is 0.413 e. The van der Waals surface area contributed by atoms with Gasteiger partial charge < -0.3 is 4.74 Å². The largest absolute Gasteiger partial charge is 0.495 e. The molecule has 1 aromatic rings. The number of ether oxygens (including phenoxy) is 1. The number of benzene rings is 1. The fourth-order valence-electron chi connectivity index (χ4n) is 1.22. The van der Waals surface area contributed by atoms with Crippen LogP contribution in [0.5, 0.6) is 5.75 Å². The van der Waals surface area contributed by atoms with Crippen LogP contribution >= 0.6 is 0 Å². The molecule has 0 unspecified atom stereocenters. The van der Waals surface area contributed by atoms with Crippen molar-refractivity contribution >= 4 is 15.7 Å². The van der Waals surface area contributed by atoms with E-state index in [1.54, 1.807) is 0 Å². The minimum Gasteiger partial charge on any atom is -0.495 e. The predicted octanol–water partition coefficient (Wildman–Crippen LogP) is 1.38. The Bertz CT molecular complexity index is 631. The number of methoxy groups -OCH3 is 1. The Morgan fingerprint density at radius 3 is 2.48 bits per heavy atom. The SMILES string of the molecule is COc1ccc([N+](=O)[O-])cc1S(=O)(=O)NOCC(F)(F)F. The van der Waals surface area contributed by atoms with Crippen molar-refractivity contribution in [1.82, 2.24) is 4.89 Å². The second-order valence-electron chi connectivity index (χ2n) is 3.58. The number of nitrogens with one attached hydrogen (secondary N) is 1. The summed E-state index contributed by atoms with van der Waals surface area (Å²) in [6.45, 7) is -1.86. The number of hydrogen-bond donors (Lipinski definition) is 1. The Hall–Kier alpha value is -1.92. The van der Waals surface area contributed by atoms with E-state index in [9.17, 15) is 31.7 Å². The molecule has 12 heteroatoms. The minimum atomic E-state index is -4.74. The average molecular weight is 330 g/mol. The zero-order valence-electron chi connectivity index (χ0n) is 10.4. The molecular weight excluding hydrogens is 321 g/mol. The van der Waals surface area contributed by atoms with Gasteiger partial charge in [0.25, 0.3) is 15.7 Å². The van der Waals surface area contributed by atoms with Crippen molar-refractivity contribution in [3.8, 4) is 5.75 Å². The van der Waals surface area contributed by atoms with E-state index in [2.05, 4.69) is 4.84 Å². The van der Waals surface area contributed by atoms with Gasteiger partial charge in [0.15, 0.2) is 6.61 Å². The maximum atomic E-state index is 11.9. The first-order valence-corrected chi connectivity index (χ1v) is 6.58. The van der Waals surface area contributed by atoms with Gasteiger partial charge in [-0.1, -0.05) is 4.89 Å². The summed E-state index contributed by atoms with van der Waals surface area (Å²) >= 11 is 0. The molecule has 0 fully saturated rings. The van der Waals surface area contributed by atoms with E-state index < -0.39 is 38.3 Å². The molecule has 0 aliphatic carbocycles. The van der Waals surface area contributed by atoms with Crippen LogP contribution in [0.3, 0.4) is 0 Å². The minimum absolute atomic E-state index is 0.288. The van der Waals surface area contributed by atoms with Crippen molar-refractivity contribution in [2.75, 3.05) is 13.7 Å². The highest BCUT2D eigenvalue weighted by Crippen LogP contribution is 2.28. The van der Waals surface area contributed by atoms with Gasteiger partial charge in [0.2, 0.25) is 0 Å². The number of nitrogens with zero attached hydrogens (tertiary/aromatic N) is 1. The lowest BCUT2D eigenvalue weighted by atomic mass is 10.3. The Morgan fingerprint density at radius 2 is 2.00 bits per heavy atom. The first-order valence-electron chi connectivity index (χ1n) is 5.09. The van der Waals surface area contributed by atoms with E-state index in [1.165, 1.54) is 4.89 Å². The lowest BCUT2D eigenvalue weighted by Gasteiger charge is -2.11. The van der Waals surface area contributed by atoms with Crippen LogP contribution in [0.4, 0.5) is 18.9 Å². The summed E-state index contributed by atoms with van der Waals surface area (Å²) in [5.41, 5.74) is -0.577. The number of non-ortho nitro benzene ring substituents is 1. The fraction of sp³-hybridized carbons (Fsp3) is 0.333. The van der Waals surface area contributed by atoms with E-state index in [0.717, 1.165) is 19.2 Å². The molecule has 0 atom stereocenters. The molecule has 0 amide bonds. The predicted molar refractivity (Wildman–Crippen MR) is 62.0 cm³/mol. The molecular formula is C9H9F3N2O6S. The first-order chi connectivity index (χ1) is 9.57. The van der Waals surface area contributed by atoms with Gasteiger partial charge >= 0.3 is 6.18 Å². The second-order valence-corrected chi connectivity index (χ2v) is 5.20. The van der Waals surface area contributed by atoms with Gasteiger partial charge in [-0.2, -0.15) is 13.2 Å². The Kier molecular flexibility index (Phi) is 5.09. The van der Waals surface area contributed by atoms with E-state index in [-0.39, 0.29) is 5.75 Å². The van der Waals surface area contributed by atoms with Crippen LogP contribution in [-0.2, 0) is 14.9 Å². The molecule has 0 radical (unpaired) electrons. The summed E-state index contributed by atoms with van der Waals surface area (Å²) < 4.78 is 63.9. The highest BCUT2D eigenvalue weighted by molar-refractivity contribution is 7.89. The molecule has 0 aliphatic heterocycles. The normalized spacial score (nSPS) is 12.2. The van der Waals surface area contributed by atoms with Gasteiger partial charge in [0.05, 0.1) is 12.0 Å². The van der Waals surface area contributed by atoms with Crippen LogP contribution in [0.1, 0.15) is 0 Å². The van der Waals surface area contributed by atoms with Crippen LogP contribution in [0, 0.1) is 10.1 Å². The number of sulfonamides is 1. The number of rotatable bonds is 6. The molecule has 8 nitrogen and oxygen atoms in total. The van der Waals surface area contributed by atoms with Crippen molar-refractivity contribution in [2.24, 2.45) is 0 Å². The number of hydrogen-bond acceptors (Lipinski definition) is 6. The lowest BCUT2D eigenvalue weighted by Crippen LogP contribution is -2.29. The number of alkyl halides is 3. The summed E-state index contributed by atoms with van der Waals surface area (Å²) in [7, 11) is -3.49. The Morgan fingerprint density at radius 1 is 1.38 bits per heavy atom. The van der Waals surface area contributed by atoms with Gasteiger partial charge in [0, 0.05) is 12.1 Å². The molecule has 0 saturated carbocycles. The van der Waals surface area contributed by atoms with Gasteiger partial charge in [-0.15, -0.1) is 0 Å². The molecule has 1 N–H and O–H groups in total. The van der Waals surface area contributed by atoms with Crippen molar-refractivity contribution in [2.45, 2.75) is 11.1 Å². The van der Waals surface area contributed by atoms with Crippen LogP contribution in [0.25, 0.3) is 0 Å². The Labute approximate surface area is 116 Å². The smallest absolute Gasteiger partial charge is 0.413 e. The zero-order chi connectivity index (χ0) is 16.3. The highest BCUT2D eigenvalue weighted by Gasteiger charge is 2.30. The standard InChI is InChI=1S/C9H9F3N2O6S/c1-19-7-3-2-6(14(15)16)4-8(7)21(17,18)13-20-5-9(10,11)12/h2-4,13H,5H2,1H3. The van der Waals surface area contributed by atoms with Gasteiger partial charge in [-0.3, -0.25) is 15.0 Å². The molecule has 1 rings (SSSR count). The van der Waals surface area contributed by atoms with Crippen molar-refractivity contribution in [3.05, 3.63) is 28.3 Å². The van der Waals surface area contributed by atoms with E-state index >= 15 is 0 Å². The molecule has 0 aromatic heterocycles. The van der Waals surface area contributed by atoms with E-state index in [4.69, 9.17) is 4.74 Å². The number of nitro groups is 1. The monoisotopic (exact) mass is 330 g/mol. The summed E-state index contributed by atoms with van der Waals surface area (Å²) in [4.78, 5) is 14.1. The highest BCUT2D eigenvalue weighted by atomic mass is 32.2. The lowest BCUT2D eigenvalue weighted by molar-refractivity contribution is -0.385. The van der Waals surface area contributed by atoms with Crippen molar-refractivity contribution in [1.29, 1.82) is 0 Å². The number of nitro benzene ring substituents is 1. The molecule has 0 bridgehead atoms. The summed E-state index contributed by atoms with van der Waals surface area (Å²) in [6.07, 6.45) is -4.74. The molecule has 0 saturated heterocycles. The van der Waals surface area contributed by atoms with E-state index in [0.29, 0.717) is 6.07 Å². The molecule has 0 spiro atoms. The topological polar surface area (TPSA) is 108 Å². The first kappa shape index (κ1) is 17.1. The van der Waals surface area contributed by atoms with E-state index in [1.807, 2.05) is 0 Å². The zero-order valence-corrected chi connectivity index (χ0v) is 11.2. The van der Waals surface area contributed by atoms with Crippen LogP contribution in [-0.4, -0.2) is 33.2 Å². The molecule has 1 aromatic carbocycles. The number of halogens is 3. The van der Waals surface area contributed by atoms with Gasteiger partial charge in [0.1, 0.15) is 10.6 Å². The third kappa shape index (κ3) is 4.84. The molecule has 118 valence electrons. The van der Waals surface area contributed by atoms with Crippen molar-refractivity contribution < 1.29 is 36.1 Å². The van der Waals surface area contributed by atoms with Gasteiger partial charge in [-0.25, -0.2) is 8.42 Å². The van der Waals surface area contributed by atoms with Crippen LogP contribution in [0.2, 0.25) is 0 Å².